The Balaban J connectivity index is 3.13. The van der Waals surface area contributed by atoms with Crippen LogP contribution in [0.15, 0.2) is 12.1 Å². The number of nitrogens with zero attached hydrogens (tertiary/aromatic N) is 1. The zero-order chi connectivity index (χ0) is 14.1. The molecule has 0 fully saturated rings. The number of carbonyl (C=O) groups is 1. The SMILES string of the molecule is CC(=O)N(C)Cc1c(C)cc(C(C)(C)C)cc1C. The standard InChI is InChI=1S/C16H25NO/c1-11-8-14(16(4,5)6)9-12(2)15(11)10-17(7)13(3)18/h8-9H,10H2,1-7H3. The van der Waals surface area contributed by atoms with E-state index in [1.807, 2.05) is 7.05 Å². The predicted molar refractivity (Wildman–Crippen MR) is 76.8 cm³/mol. The Morgan fingerprint density at radius 2 is 1.61 bits per heavy atom. The molecule has 2 nitrogen and oxygen atoms in total. The lowest BCUT2D eigenvalue weighted by molar-refractivity contribution is -0.128. The molecule has 1 aromatic rings. The van der Waals surface area contributed by atoms with Gasteiger partial charge in [-0.3, -0.25) is 4.79 Å². The van der Waals surface area contributed by atoms with Gasteiger partial charge in [-0.15, -0.1) is 0 Å². The average molecular weight is 247 g/mol. The van der Waals surface area contributed by atoms with Crippen LogP contribution in [0.5, 0.6) is 0 Å². The molecular weight excluding hydrogens is 222 g/mol. The van der Waals surface area contributed by atoms with Gasteiger partial charge in [0.2, 0.25) is 5.91 Å². The molecule has 0 radical (unpaired) electrons. The van der Waals surface area contributed by atoms with E-state index in [9.17, 15) is 4.79 Å². The van der Waals surface area contributed by atoms with E-state index >= 15 is 0 Å². The highest BCUT2D eigenvalue weighted by Gasteiger charge is 2.17. The summed E-state index contributed by atoms with van der Waals surface area (Å²) in [6, 6.07) is 4.49. The van der Waals surface area contributed by atoms with Crippen LogP contribution in [0.4, 0.5) is 0 Å². The number of hydrogen-bond acceptors (Lipinski definition) is 1. The van der Waals surface area contributed by atoms with Gasteiger partial charge in [-0.1, -0.05) is 32.9 Å². The normalized spacial score (nSPS) is 11.5. The van der Waals surface area contributed by atoms with Crippen molar-refractivity contribution in [2.75, 3.05) is 7.05 Å². The lowest BCUT2D eigenvalue weighted by Crippen LogP contribution is -2.24. The molecule has 0 aliphatic rings. The lowest BCUT2D eigenvalue weighted by atomic mass is 9.84. The Morgan fingerprint density at radius 3 is 1.94 bits per heavy atom. The van der Waals surface area contributed by atoms with Gasteiger partial charge in [0.15, 0.2) is 0 Å². The second kappa shape index (κ2) is 5.13. The first-order chi connectivity index (χ1) is 8.12. The third-order valence-corrected chi connectivity index (χ3v) is 3.49. The molecule has 1 rings (SSSR count). The number of benzene rings is 1. The van der Waals surface area contributed by atoms with Crippen LogP contribution in [-0.2, 0) is 16.8 Å². The molecule has 0 aromatic heterocycles. The zero-order valence-electron chi connectivity index (χ0n) is 12.7. The number of amides is 1. The van der Waals surface area contributed by atoms with Crippen molar-refractivity contribution in [3.8, 4) is 0 Å². The molecule has 0 atom stereocenters. The predicted octanol–water partition coefficient (Wildman–Crippen LogP) is 3.58. The summed E-state index contributed by atoms with van der Waals surface area (Å²) in [5, 5.41) is 0. The number of hydrogen-bond donors (Lipinski definition) is 0. The van der Waals surface area contributed by atoms with Gasteiger partial charge in [0.05, 0.1) is 0 Å². The summed E-state index contributed by atoms with van der Waals surface area (Å²) < 4.78 is 0. The maximum atomic E-state index is 11.3. The molecule has 0 unspecified atom stereocenters. The van der Waals surface area contributed by atoms with Gasteiger partial charge in [0, 0.05) is 20.5 Å². The molecule has 0 saturated heterocycles. The lowest BCUT2D eigenvalue weighted by Gasteiger charge is -2.24. The van der Waals surface area contributed by atoms with Crippen LogP contribution in [0.1, 0.15) is 49.9 Å². The smallest absolute Gasteiger partial charge is 0.219 e. The van der Waals surface area contributed by atoms with Crippen LogP contribution >= 0.6 is 0 Å². The Labute approximate surface area is 111 Å². The van der Waals surface area contributed by atoms with Crippen molar-refractivity contribution in [3.05, 3.63) is 34.4 Å². The number of rotatable bonds is 2. The van der Waals surface area contributed by atoms with E-state index < -0.39 is 0 Å². The highest BCUT2D eigenvalue weighted by molar-refractivity contribution is 5.73. The third-order valence-electron chi connectivity index (χ3n) is 3.49. The van der Waals surface area contributed by atoms with E-state index in [0.29, 0.717) is 6.54 Å². The van der Waals surface area contributed by atoms with Crippen molar-refractivity contribution in [1.29, 1.82) is 0 Å². The van der Waals surface area contributed by atoms with Gasteiger partial charge in [-0.05, 0) is 41.5 Å². The van der Waals surface area contributed by atoms with Gasteiger partial charge in [-0.2, -0.15) is 0 Å². The van der Waals surface area contributed by atoms with E-state index in [4.69, 9.17) is 0 Å². The Hall–Kier alpha value is -1.31. The van der Waals surface area contributed by atoms with Crippen LogP contribution in [0, 0.1) is 13.8 Å². The Morgan fingerprint density at radius 1 is 1.17 bits per heavy atom. The molecule has 0 bridgehead atoms. The molecular formula is C16H25NO. The fourth-order valence-electron chi connectivity index (χ4n) is 2.02. The molecule has 1 amide bonds. The molecule has 0 aliphatic carbocycles. The van der Waals surface area contributed by atoms with E-state index in [-0.39, 0.29) is 11.3 Å². The van der Waals surface area contributed by atoms with Crippen LogP contribution in [0.3, 0.4) is 0 Å². The van der Waals surface area contributed by atoms with Crippen molar-refractivity contribution in [3.63, 3.8) is 0 Å². The second-order valence-corrected chi connectivity index (χ2v) is 6.21. The molecule has 0 N–H and O–H groups in total. The summed E-state index contributed by atoms with van der Waals surface area (Å²) in [5.41, 5.74) is 5.33. The van der Waals surface area contributed by atoms with Gasteiger partial charge in [0.1, 0.15) is 0 Å². The largest absolute Gasteiger partial charge is 0.342 e. The van der Waals surface area contributed by atoms with Gasteiger partial charge < -0.3 is 4.90 Å². The van der Waals surface area contributed by atoms with Crippen LogP contribution in [-0.4, -0.2) is 17.9 Å². The molecule has 0 spiro atoms. The van der Waals surface area contributed by atoms with E-state index in [1.54, 1.807) is 11.8 Å². The molecule has 2 heteroatoms. The third kappa shape index (κ3) is 3.34. The summed E-state index contributed by atoms with van der Waals surface area (Å²) in [6.07, 6.45) is 0. The van der Waals surface area contributed by atoms with Crippen molar-refractivity contribution >= 4 is 5.91 Å². The van der Waals surface area contributed by atoms with Crippen molar-refractivity contribution in [2.45, 2.75) is 53.5 Å². The Kier molecular flexibility index (Phi) is 4.20. The summed E-state index contributed by atoms with van der Waals surface area (Å²) >= 11 is 0. The fraction of sp³-hybridized carbons (Fsp3) is 0.562. The monoisotopic (exact) mass is 247 g/mol. The highest BCUT2D eigenvalue weighted by Crippen LogP contribution is 2.27. The van der Waals surface area contributed by atoms with Crippen LogP contribution in [0.25, 0.3) is 0 Å². The number of aryl methyl sites for hydroxylation is 2. The highest BCUT2D eigenvalue weighted by atomic mass is 16.2. The first-order valence-electron chi connectivity index (χ1n) is 6.45. The molecule has 0 aliphatic heterocycles. The summed E-state index contributed by atoms with van der Waals surface area (Å²) in [4.78, 5) is 13.1. The molecule has 0 heterocycles. The Bertz CT molecular complexity index is 432. The van der Waals surface area contributed by atoms with Gasteiger partial charge >= 0.3 is 0 Å². The summed E-state index contributed by atoms with van der Waals surface area (Å²) in [5.74, 6) is 0.105. The maximum absolute atomic E-state index is 11.3. The average Bonchev–Trinajstić information content (AvgIpc) is 2.21. The van der Waals surface area contributed by atoms with E-state index in [2.05, 4.69) is 46.8 Å². The van der Waals surface area contributed by atoms with Crippen LogP contribution < -0.4 is 0 Å². The van der Waals surface area contributed by atoms with Gasteiger partial charge in [0.25, 0.3) is 0 Å². The minimum atomic E-state index is 0.105. The molecule has 100 valence electrons. The molecule has 1 aromatic carbocycles. The molecule has 18 heavy (non-hydrogen) atoms. The first-order valence-corrected chi connectivity index (χ1v) is 6.45. The fourth-order valence-corrected chi connectivity index (χ4v) is 2.02. The van der Waals surface area contributed by atoms with Crippen molar-refractivity contribution < 1.29 is 4.79 Å². The van der Waals surface area contributed by atoms with Crippen molar-refractivity contribution in [2.24, 2.45) is 0 Å². The number of carbonyl (C=O) groups excluding carboxylic acids is 1. The van der Waals surface area contributed by atoms with Crippen LogP contribution in [0.2, 0.25) is 0 Å². The minimum Gasteiger partial charge on any atom is -0.342 e. The zero-order valence-corrected chi connectivity index (χ0v) is 12.7. The quantitative estimate of drug-likeness (QED) is 0.782. The topological polar surface area (TPSA) is 20.3 Å². The van der Waals surface area contributed by atoms with Crippen molar-refractivity contribution in [1.82, 2.24) is 4.90 Å². The van der Waals surface area contributed by atoms with E-state index in [0.717, 1.165) is 0 Å². The second-order valence-electron chi connectivity index (χ2n) is 6.21. The minimum absolute atomic E-state index is 0.105. The summed E-state index contributed by atoms with van der Waals surface area (Å²) in [7, 11) is 1.85. The van der Waals surface area contributed by atoms with Gasteiger partial charge in [-0.25, -0.2) is 0 Å². The molecule has 0 saturated carbocycles. The van der Waals surface area contributed by atoms with E-state index in [1.165, 1.54) is 22.3 Å². The summed E-state index contributed by atoms with van der Waals surface area (Å²) in [6.45, 7) is 13.2. The first kappa shape index (κ1) is 14.7. The maximum Gasteiger partial charge on any atom is 0.219 e.